The van der Waals surface area contributed by atoms with Gasteiger partial charge in [0.25, 0.3) is 11.5 Å². The molecule has 0 atom stereocenters. The monoisotopic (exact) mass is 365 g/mol. The minimum atomic E-state index is -0.212. The van der Waals surface area contributed by atoms with Gasteiger partial charge in [0.2, 0.25) is 0 Å². The molecule has 2 aromatic heterocycles. The third-order valence-electron chi connectivity index (χ3n) is 4.51. The fourth-order valence-corrected chi connectivity index (χ4v) is 3.24. The van der Waals surface area contributed by atoms with Gasteiger partial charge >= 0.3 is 0 Å². The van der Waals surface area contributed by atoms with E-state index in [0.29, 0.717) is 24.1 Å². The number of amides is 1. The first-order valence-corrected chi connectivity index (χ1v) is 8.93. The fraction of sp³-hybridized carbons (Fsp3) is 0.286. The van der Waals surface area contributed by atoms with Crippen molar-refractivity contribution in [2.45, 2.75) is 26.8 Å². The zero-order chi connectivity index (χ0) is 19.4. The van der Waals surface area contributed by atoms with Crippen molar-refractivity contribution >= 4 is 16.8 Å². The second-order valence-corrected chi connectivity index (χ2v) is 6.72. The summed E-state index contributed by atoms with van der Waals surface area (Å²) in [6.45, 7) is 4.48. The van der Waals surface area contributed by atoms with Crippen LogP contribution in [0.25, 0.3) is 10.9 Å². The molecule has 2 heterocycles. The number of carbonyl (C=O) groups is 1. The van der Waals surface area contributed by atoms with E-state index in [0.717, 1.165) is 22.0 Å². The number of benzene rings is 1. The molecule has 27 heavy (non-hydrogen) atoms. The molecule has 0 bridgehead atoms. The van der Waals surface area contributed by atoms with Crippen LogP contribution in [-0.4, -0.2) is 39.0 Å². The van der Waals surface area contributed by atoms with Gasteiger partial charge in [0, 0.05) is 31.1 Å². The second kappa shape index (κ2) is 8.14. The van der Waals surface area contributed by atoms with Crippen LogP contribution in [-0.2, 0) is 6.54 Å². The number of nitrogens with zero attached hydrogens (tertiary/aromatic N) is 2. The Balaban J connectivity index is 1.97. The number of aliphatic hydroxyl groups excluding tert-OH is 1. The summed E-state index contributed by atoms with van der Waals surface area (Å²) >= 11 is 0. The van der Waals surface area contributed by atoms with Gasteiger partial charge in [-0.1, -0.05) is 11.6 Å². The molecule has 0 aliphatic rings. The lowest BCUT2D eigenvalue weighted by Gasteiger charge is -2.22. The number of aromatic nitrogens is 2. The van der Waals surface area contributed by atoms with Crippen LogP contribution in [0.4, 0.5) is 0 Å². The Bertz CT molecular complexity index is 1010. The van der Waals surface area contributed by atoms with Crippen LogP contribution >= 0.6 is 0 Å². The lowest BCUT2D eigenvalue weighted by Crippen LogP contribution is -2.34. The number of aryl methyl sites for hydroxylation is 2. The lowest BCUT2D eigenvalue weighted by atomic mass is 10.0. The van der Waals surface area contributed by atoms with Crippen LogP contribution in [0.5, 0.6) is 0 Å². The average molecular weight is 365 g/mol. The zero-order valence-electron chi connectivity index (χ0n) is 15.5. The van der Waals surface area contributed by atoms with E-state index in [1.807, 2.05) is 32.0 Å². The Morgan fingerprint density at radius 1 is 1.26 bits per heavy atom. The predicted octanol–water partition coefficient (Wildman–Crippen LogP) is 2.56. The van der Waals surface area contributed by atoms with Crippen molar-refractivity contribution in [3.63, 3.8) is 0 Å². The number of hydrogen-bond acceptors (Lipinski definition) is 4. The van der Waals surface area contributed by atoms with Crippen molar-refractivity contribution in [3.8, 4) is 0 Å². The molecule has 0 spiro atoms. The van der Waals surface area contributed by atoms with E-state index in [2.05, 4.69) is 9.97 Å². The summed E-state index contributed by atoms with van der Waals surface area (Å²) in [5.74, 6) is -0.212. The highest BCUT2D eigenvalue weighted by molar-refractivity contribution is 5.94. The summed E-state index contributed by atoms with van der Waals surface area (Å²) in [7, 11) is 0. The number of fused-ring (bicyclic) bond motifs is 1. The smallest absolute Gasteiger partial charge is 0.255 e. The van der Waals surface area contributed by atoms with Gasteiger partial charge in [-0.2, -0.15) is 0 Å². The molecule has 0 fully saturated rings. The van der Waals surface area contributed by atoms with Crippen molar-refractivity contribution in [2.75, 3.05) is 13.2 Å². The lowest BCUT2D eigenvalue weighted by molar-refractivity contribution is 0.0731. The number of pyridine rings is 2. The molecular formula is C21H23N3O3. The Labute approximate surface area is 157 Å². The summed E-state index contributed by atoms with van der Waals surface area (Å²) in [5, 5.41) is 10.1. The molecule has 0 aliphatic carbocycles. The molecular weight excluding hydrogens is 342 g/mol. The van der Waals surface area contributed by atoms with Crippen LogP contribution in [0.3, 0.4) is 0 Å². The van der Waals surface area contributed by atoms with Crippen molar-refractivity contribution in [1.82, 2.24) is 14.9 Å². The van der Waals surface area contributed by atoms with Crippen LogP contribution < -0.4 is 5.56 Å². The number of carbonyl (C=O) groups excluding carboxylic acids is 1. The number of aromatic amines is 1. The van der Waals surface area contributed by atoms with E-state index < -0.39 is 0 Å². The summed E-state index contributed by atoms with van der Waals surface area (Å²) in [4.78, 5) is 33.9. The first-order chi connectivity index (χ1) is 13.0. The van der Waals surface area contributed by atoms with E-state index in [9.17, 15) is 14.7 Å². The summed E-state index contributed by atoms with van der Waals surface area (Å²) in [6.07, 6.45) is 3.55. The molecule has 6 heteroatoms. The fourth-order valence-electron chi connectivity index (χ4n) is 3.24. The van der Waals surface area contributed by atoms with Crippen molar-refractivity contribution in [2.24, 2.45) is 0 Å². The first kappa shape index (κ1) is 18.8. The third kappa shape index (κ3) is 4.23. The van der Waals surface area contributed by atoms with E-state index >= 15 is 0 Å². The van der Waals surface area contributed by atoms with Crippen LogP contribution in [0.1, 0.15) is 33.5 Å². The molecule has 0 saturated carbocycles. The van der Waals surface area contributed by atoms with Gasteiger partial charge in [-0.05, 0) is 55.5 Å². The molecule has 0 saturated heterocycles. The maximum atomic E-state index is 12.8. The Hall–Kier alpha value is -2.99. The Morgan fingerprint density at radius 2 is 2.07 bits per heavy atom. The molecule has 0 radical (unpaired) electrons. The molecule has 1 aromatic carbocycles. The molecule has 3 rings (SSSR count). The van der Waals surface area contributed by atoms with E-state index in [1.54, 1.807) is 23.2 Å². The summed E-state index contributed by atoms with van der Waals surface area (Å²) in [5.41, 5.74) is 3.71. The highest BCUT2D eigenvalue weighted by atomic mass is 16.3. The third-order valence-corrected chi connectivity index (χ3v) is 4.51. The van der Waals surface area contributed by atoms with Crippen molar-refractivity contribution < 1.29 is 9.90 Å². The molecule has 0 aliphatic heterocycles. The molecule has 1 amide bonds. The highest BCUT2D eigenvalue weighted by Gasteiger charge is 2.18. The largest absolute Gasteiger partial charge is 0.396 e. The van der Waals surface area contributed by atoms with Gasteiger partial charge in [-0.15, -0.1) is 0 Å². The Morgan fingerprint density at radius 3 is 2.78 bits per heavy atom. The van der Waals surface area contributed by atoms with Gasteiger partial charge in [-0.25, -0.2) is 0 Å². The van der Waals surface area contributed by atoms with Gasteiger partial charge in [0.15, 0.2) is 0 Å². The topological polar surface area (TPSA) is 86.3 Å². The number of hydrogen-bond donors (Lipinski definition) is 2. The quantitative estimate of drug-likeness (QED) is 0.703. The van der Waals surface area contributed by atoms with Crippen molar-refractivity contribution in [1.29, 1.82) is 0 Å². The molecule has 3 aromatic rings. The molecule has 6 nitrogen and oxygen atoms in total. The number of rotatable bonds is 6. The molecule has 140 valence electrons. The molecule has 2 N–H and O–H groups in total. The minimum absolute atomic E-state index is 0.0245. The van der Waals surface area contributed by atoms with Crippen molar-refractivity contribution in [3.05, 3.63) is 75.3 Å². The summed E-state index contributed by atoms with van der Waals surface area (Å²) < 4.78 is 0. The zero-order valence-corrected chi connectivity index (χ0v) is 15.5. The second-order valence-electron chi connectivity index (χ2n) is 6.72. The average Bonchev–Trinajstić information content (AvgIpc) is 2.66. The van der Waals surface area contributed by atoms with Gasteiger partial charge in [0.1, 0.15) is 0 Å². The van der Waals surface area contributed by atoms with Gasteiger partial charge in [0.05, 0.1) is 17.6 Å². The first-order valence-electron chi connectivity index (χ1n) is 8.93. The minimum Gasteiger partial charge on any atom is -0.396 e. The van der Waals surface area contributed by atoms with E-state index in [4.69, 9.17) is 0 Å². The van der Waals surface area contributed by atoms with Crippen LogP contribution in [0, 0.1) is 13.8 Å². The van der Waals surface area contributed by atoms with Gasteiger partial charge < -0.3 is 15.0 Å². The van der Waals surface area contributed by atoms with E-state index in [-0.39, 0.29) is 24.6 Å². The maximum Gasteiger partial charge on any atom is 0.255 e. The number of H-pyrrole nitrogens is 1. The van der Waals surface area contributed by atoms with E-state index in [1.165, 1.54) is 6.20 Å². The summed E-state index contributed by atoms with van der Waals surface area (Å²) in [6, 6.07) is 9.28. The van der Waals surface area contributed by atoms with Gasteiger partial charge in [-0.3, -0.25) is 14.6 Å². The maximum absolute atomic E-state index is 12.8. The van der Waals surface area contributed by atoms with Crippen LogP contribution in [0.15, 0.2) is 47.5 Å². The number of aliphatic hydroxyl groups is 1. The number of nitrogens with one attached hydrogen (secondary N) is 1. The normalized spacial score (nSPS) is 10.9. The highest BCUT2D eigenvalue weighted by Crippen LogP contribution is 2.19. The standard InChI is InChI=1S/C21H23N3O3/c1-14-9-15(2)19-17(10-14)11-18(20(26)23-19)13-24(7-4-8-25)21(27)16-5-3-6-22-12-16/h3,5-6,9-12,25H,4,7-8,13H2,1-2H3,(H,23,26). The Kier molecular flexibility index (Phi) is 5.66. The SMILES string of the molecule is Cc1cc(C)c2[nH]c(=O)c(CN(CCCO)C(=O)c3cccnc3)cc2c1. The predicted molar refractivity (Wildman–Crippen MR) is 105 cm³/mol. The molecule has 0 unspecified atom stereocenters. The van der Waals surface area contributed by atoms with Crippen LogP contribution in [0.2, 0.25) is 0 Å².